The number of amides is 1. The molecule has 2 aromatic rings. The smallest absolute Gasteiger partial charge is 0.254 e. The molecule has 1 aliphatic heterocycles. The Labute approximate surface area is 128 Å². The van der Waals surface area contributed by atoms with Crippen LogP contribution in [0.1, 0.15) is 23.2 Å². The zero-order chi connectivity index (χ0) is 15.4. The van der Waals surface area contributed by atoms with Crippen molar-refractivity contribution >= 4 is 17.4 Å². The number of anilines is 2. The van der Waals surface area contributed by atoms with E-state index in [1.54, 1.807) is 35.6 Å². The standard InChI is InChI=1S/C16H18N4O2/c21-11-14-5-2-8-20(14)16(22)12-3-1-4-13(9-12)19-15-10-17-6-7-18-15/h1,3-4,6-7,9-10,14,21H,2,5,8,11H2,(H,18,19)/t14-/m1/s1. The zero-order valence-corrected chi connectivity index (χ0v) is 12.1. The summed E-state index contributed by atoms with van der Waals surface area (Å²) in [6.07, 6.45) is 6.63. The van der Waals surface area contributed by atoms with Gasteiger partial charge in [0.1, 0.15) is 5.82 Å². The fourth-order valence-corrected chi connectivity index (χ4v) is 2.70. The van der Waals surface area contributed by atoms with Gasteiger partial charge in [0, 0.05) is 30.2 Å². The maximum atomic E-state index is 12.6. The number of aliphatic hydroxyl groups excluding tert-OH is 1. The predicted octanol–water partition coefficient (Wildman–Crippen LogP) is 1.82. The maximum absolute atomic E-state index is 12.6. The van der Waals surface area contributed by atoms with Crippen LogP contribution in [-0.2, 0) is 0 Å². The minimum absolute atomic E-state index is 0.0171. The first-order chi connectivity index (χ1) is 10.8. The van der Waals surface area contributed by atoms with Gasteiger partial charge in [0.05, 0.1) is 18.8 Å². The number of rotatable bonds is 4. The van der Waals surface area contributed by atoms with Crippen LogP contribution in [0.5, 0.6) is 0 Å². The van der Waals surface area contributed by atoms with Gasteiger partial charge >= 0.3 is 0 Å². The Morgan fingerprint density at radius 1 is 1.41 bits per heavy atom. The van der Waals surface area contributed by atoms with Crippen LogP contribution in [0.3, 0.4) is 0 Å². The molecule has 1 amide bonds. The van der Waals surface area contributed by atoms with Gasteiger partial charge in [-0.05, 0) is 31.0 Å². The van der Waals surface area contributed by atoms with Gasteiger partial charge in [0.15, 0.2) is 0 Å². The average molecular weight is 298 g/mol. The lowest BCUT2D eigenvalue weighted by Crippen LogP contribution is -2.37. The van der Waals surface area contributed by atoms with E-state index in [2.05, 4.69) is 15.3 Å². The third kappa shape index (κ3) is 3.07. The van der Waals surface area contributed by atoms with Crippen LogP contribution in [0.25, 0.3) is 0 Å². The molecule has 1 aliphatic rings. The van der Waals surface area contributed by atoms with Gasteiger partial charge in [-0.2, -0.15) is 0 Å². The Balaban J connectivity index is 1.77. The monoisotopic (exact) mass is 298 g/mol. The molecule has 3 rings (SSSR count). The minimum Gasteiger partial charge on any atom is -0.394 e. The Morgan fingerprint density at radius 3 is 3.09 bits per heavy atom. The van der Waals surface area contributed by atoms with Crippen molar-refractivity contribution < 1.29 is 9.90 Å². The molecule has 0 radical (unpaired) electrons. The molecule has 1 fully saturated rings. The van der Waals surface area contributed by atoms with E-state index < -0.39 is 0 Å². The molecule has 6 nitrogen and oxygen atoms in total. The zero-order valence-electron chi connectivity index (χ0n) is 12.1. The Kier molecular flexibility index (Phi) is 4.29. The third-order valence-electron chi connectivity index (χ3n) is 3.79. The highest BCUT2D eigenvalue weighted by molar-refractivity contribution is 5.95. The highest BCUT2D eigenvalue weighted by Crippen LogP contribution is 2.22. The highest BCUT2D eigenvalue weighted by atomic mass is 16.3. The quantitative estimate of drug-likeness (QED) is 0.900. The first kappa shape index (κ1) is 14.5. The number of likely N-dealkylation sites (tertiary alicyclic amines) is 1. The van der Waals surface area contributed by atoms with E-state index in [4.69, 9.17) is 0 Å². The van der Waals surface area contributed by atoms with Crippen LogP contribution in [0.15, 0.2) is 42.9 Å². The van der Waals surface area contributed by atoms with E-state index in [0.717, 1.165) is 18.5 Å². The lowest BCUT2D eigenvalue weighted by Gasteiger charge is -2.23. The van der Waals surface area contributed by atoms with Gasteiger partial charge in [-0.25, -0.2) is 4.98 Å². The van der Waals surface area contributed by atoms with Crippen molar-refractivity contribution in [2.75, 3.05) is 18.5 Å². The summed E-state index contributed by atoms with van der Waals surface area (Å²) in [5, 5.41) is 12.5. The van der Waals surface area contributed by atoms with Crippen molar-refractivity contribution in [3.05, 3.63) is 48.4 Å². The lowest BCUT2D eigenvalue weighted by molar-refractivity contribution is 0.0677. The first-order valence-corrected chi connectivity index (χ1v) is 7.33. The molecule has 0 bridgehead atoms. The molecule has 2 heterocycles. The second-order valence-electron chi connectivity index (χ2n) is 5.27. The predicted molar refractivity (Wildman–Crippen MR) is 82.9 cm³/mol. The van der Waals surface area contributed by atoms with Crippen LogP contribution in [0, 0.1) is 0 Å². The van der Waals surface area contributed by atoms with Gasteiger partial charge in [0.25, 0.3) is 5.91 Å². The summed E-state index contributed by atoms with van der Waals surface area (Å²) in [4.78, 5) is 22.5. The summed E-state index contributed by atoms with van der Waals surface area (Å²) in [5.41, 5.74) is 1.39. The Morgan fingerprint density at radius 2 is 2.32 bits per heavy atom. The van der Waals surface area contributed by atoms with Gasteiger partial charge in [-0.1, -0.05) is 6.07 Å². The molecular weight excluding hydrogens is 280 g/mol. The van der Waals surface area contributed by atoms with Crippen molar-refractivity contribution in [1.82, 2.24) is 14.9 Å². The molecule has 2 N–H and O–H groups in total. The summed E-state index contributed by atoms with van der Waals surface area (Å²) in [7, 11) is 0. The Bertz CT molecular complexity index is 648. The van der Waals surface area contributed by atoms with Crippen molar-refractivity contribution in [2.24, 2.45) is 0 Å². The van der Waals surface area contributed by atoms with Crippen LogP contribution >= 0.6 is 0 Å². The summed E-state index contributed by atoms with van der Waals surface area (Å²) in [6, 6.07) is 7.22. The fraction of sp³-hybridized carbons (Fsp3) is 0.312. The largest absolute Gasteiger partial charge is 0.394 e. The molecule has 22 heavy (non-hydrogen) atoms. The topological polar surface area (TPSA) is 78.4 Å². The molecule has 1 saturated heterocycles. The first-order valence-electron chi connectivity index (χ1n) is 7.33. The van der Waals surface area contributed by atoms with Gasteiger partial charge in [-0.3, -0.25) is 9.78 Å². The van der Waals surface area contributed by atoms with Crippen molar-refractivity contribution in [3.63, 3.8) is 0 Å². The molecule has 1 aromatic carbocycles. The minimum atomic E-state index is -0.0656. The normalized spacial score (nSPS) is 17.5. The third-order valence-corrected chi connectivity index (χ3v) is 3.79. The lowest BCUT2D eigenvalue weighted by atomic mass is 10.1. The maximum Gasteiger partial charge on any atom is 0.254 e. The fourth-order valence-electron chi connectivity index (χ4n) is 2.70. The molecule has 1 aromatic heterocycles. The number of benzene rings is 1. The van der Waals surface area contributed by atoms with E-state index in [1.807, 2.05) is 12.1 Å². The molecule has 0 unspecified atom stereocenters. The molecule has 0 aliphatic carbocycles. The van der Waals surface area contributed by atoms with Crippen LogP contribution in [0.4, 0.5) is 11.5 Å². The van der Waals surface area contributed by atoms with Gasteiger partial charge in [-0.15, -0.1) is 0 Å². The SMILES string of the molecule is O=C(c1cccc(Nc2cnccn2)c1)N1CCC[C@@H]1CO. The second-order valence-corrected chi connectivity index (χ2v) is 5.27. The molecule has 1 atom stereocenters. The van der Waals surface area contributed by atoms with E-state index in [1.165, 1.54) is 0 Å². The van der Waals surface area contributed by atoms with Crippen molar-refractivity contribution in [3.8, 4) is 0 Å². The molecule has 114 valence electrons. The number of carbonyl (C=O) groups excluding carboxylic acids is 1. The Hall–Kier alpha value is -2.47. The molecular formula is C16H18N4O2. The number of aliphatic hydroxyl groups is 1. The van der Waals surface area contributed by atoms with Gasteiger partial charge in [0.2, 0.25) is 0 Å². The number of nitrogens with one attached hydrogen (secondary N) is 1. The number of carbonyl (C=O) groups is 1. The van der Waals surface area contributed by atoms with E-state index in [9.17, 15) is 9.90 Å². The van der Waals surface area contributed by atoms with E-state index in [0.29, 0.717) is 17.9 Å². The summed E-state index contributed by atoms with van der Waals surface area (Å²) in [6.45, 7) is 0.717. The van der Waals surface area contributed by atoms with Crippen LogP contribution in [0.2, 0.25) is 0 Å². The number of hydrogen-bond acceptors (Lipinski definition) is 5. The second kappa shape index (κ2) is 6.53. The van der Waals surface area contributed by atoms with Crippen LogP contribution in [-0.4, -0.2) is 45.1 Å². The van der Waals surface area contributed by atoms with E-state index in [-0.39, 0.29) is 18.6 Å². The number of nitrogens with zero attached hydrogens (tertiary/aromatic N) is 3. The van der Waals surface area contributed by atoms with Crippen molar-refractivity contribution in [2.45, 2.75) is 18.9 Å². The van der Waals surface area contributed by atoms with Crippen molar-refractivity contribution in [1.29, 1.82) is 0 Å². The summed E-state index contributed by atoms with van der Waals surface area (Å²) >= 11 is 0. The van der Waals surface area contributed by atoms with E-state index >= 15 is 0 Å². The van der Waals surface area contributed by atoms with Crippen LogP contribution < -0.4 is 5.32 Å². The summed E-state index contributed by atoms with van der Waals surface area (Å²) in [5.74, 6) is 0.584. The van der Waals surface area contributed by atoms with Gasteiger partial charge < -0.3 is 15.3 Å². The summed E-state index contributed by atoms with van der Waals surface area (Å²) < 4.78 is 0. The molecule has 0 spiro atoms. The number of aromatic nitrogens is 2. The molecule has 6 heteroatoms. The molecule has 0 saturated carbocycles. The average Bonchev–Trinajstić information content (AvgIpc) is 3.04. The number of hydrogen-bond donors (Lipinski definition) is 2. The highest BCUT2D eigenvalue weighted by Gasteiger charge is 2.28.